The van der Waals surface area contributed by atoms with Gasteiger partial charge in [-0.2, -0.15) is 14.5 Å². The monoisotopic (exact) mass is 189 g/mol. The Morgan fingerprint density at radius 2 is 2.00 bits per heavy atom. The van der Waals surface area contributed by atoms with Gasteiger partial charge in [-0.1, -0.05) is 0 Å². The molecule has 0 radical (unpaired) electrons. The lowest BCUT2D eigenvalue weighted by Gasteiger charge is -1.96. The molecule has 0 N–H and O–H groups in total. The summed E-state index contributed by atoms with van der Waals surface area (Å²) in [4.78, 5) is 8.32. The van der Waals surface area contributed by atoms with Gasteiger partial charge in [-0.15, -0.1) is 0 Å². The fourth-order valence-electron chi connectivity index (χ4n) is 1.22. The highest BCUT2D eigenvalue weighted by atomic mass is 15.2. The van der Waals surface area contributed by atoms with Gasteiger partial charge in [0.2, 0.25) is 0 Å². The number of nitrogens with zero attached hydrogens (tertiary/aromatic N) is 4. The van der Waals surface area contributed by atoms with Crippen LogP contribution in [0.4, 0.5) is 0 Å². The van der Waals surface area contributed by atoms with Crippen LogP contribution in [-0.2, 0) is 0 Å². The Balaban J connectivity index is 2.34. The first kappa shape index (κ1) is 8.87. The van der Waals surface area contributed by atoms with Gasteiger partial charge >= 0.3 is 5.95 Å². The first-order valence-corrected chi connectivity index (χ1v) is 4.63. The standard InChI is InChI=1S/C10H13N4/c1-9(2)13-6-7-14(8-13)10-11-4-3-5-12-10/h3-9H,1-2H3/q+1. The normalized spacial score (nSPS) is 10.8. The first-order valence-electron chi connectivity index (χ1n) is 4.63. The summed E-state index contributed by atoms with van der Waals surface area (Å²) < 4.78 is 4.01. The van der Waals surface area contributed by atoms with Crippen LogP contribution in [0.25, 0.3) is 5.95 Å². The molecule has 2 aromatic heterocycles. The molecule has 0 saturated carbocycles. The molecule has 0 unspecified atom stereocenters. The van der Waals surface area contributed by atoms with Gasteiger partial charge in [0.15, 0.2) is 0 Å². The second-order valence-electron chi connectivity index (χ2n) is 3.41. The molecule has 72 valence electrons. The molecule has 0 amide bonds. The minimum absolute atomic E-state index is 0.458. The Bertz CT molecular complexity index is 405. The molecule has 0 bridgehead atoms. The summed E-state index contributed by atoms with van der Waals surface area (Å²) in [7, 11) is 0. The second kappa shape index (κ2) is 3.57. The van der Waals surface area contributed by atoms with Crippen LogP contribution in [0.15, 0.2) is 37.2 Å². The van der Waals surface area contributed by atoms with Crippen LogP contribution < -0.4 is 4.57 Å². The summed E-state index contributed by atoms with van der Waals surface area (Å²) in [6, 6.07) is 2.27. The summed E-state index contributed by atoms with van der Waals surface area (Å²) >= 11 is 0. The Morgan fingerprint density at radius 1 is 1.29 bits per heavy atom. The molecule has 0 saturated heterocycles. The molecule has 14 heavy (non-hydrogen) atoms. The number of hydrogen-bond acceptors (Lipinski definition) is 2. The van der Waals surface area contributed by atoms with Crippen molar-refractivity contribution in [2.24, 2.45) is 0 Å². The second-order valence-corrected chi connectivity index (χ2v) is 3.41. The van der Waals surface area contributed by atoms with E-state index in [0.717, 1.165) is 0 Å². The molecule has 0 fully saturated rings. The van der Waals surface area contributed by atoms with E-state index in [4.69, 9.17) is 0 Å². The van der Waals surface area contributed by atoms with Crippen molar-refractivity contribution in [3.63, 3.8) is 0 Å². The van der Waals surface area contributed by atoms with Crippen molar-refractivity contribution < 1.29 is 4.57 Å². The van der Waals surface area contributed by atoms with Gasteiger partial charge in [-0.3, -0.25) is 0 Å². The molecule has 0 aliphatic rings. The van der Waals surface area contributed by atoms with Gasteiger partial charge in [0.05, 0.1) is 6.04 Å². The maximum atomic E-state index is 4.16. The largest absolute Gasteiger partial charge is 0.325 e. The zero-order chi connectivity index (χ0) is 9.97. The van der Waals surface area contributed by atoms with E-state index >= 15 is 0 Å². The topological polar surface area (TPSA) is 34.6 Å². The van der Waals surface area contributed by atoms with E-state index in [2.05, 4.69) is 28.4 Å². The Morgan fingerprint density at radius 3 is 2.57 bits per heavy atom. The lowest BCUT2D eigenvalue weighted by atomic mass is 10.4. The summed E-state index contributed by atoms with van der Waals surface area (Å²) in [5.74, 6) is 0.701. The van der Waals surface area contributed by atoms with Crippen LogP contribution in [0.1, 0.15) is 19.9 Å². The van der Waals surface area contributed by atoms with E-state index in [1.807, 2.05) is 29.4 Å². The minimum Gasteiger partial charge on any atom is -0.234 e. The molecular weight excluding hydrogens is 176 g/mol. The van der Waals surface area contributed by atoms with E-state index in [1.165, 1.54) is 0 Å². The van der Waals surface area contributed by atoms with Crippen molar-refractivity contribution in [1.82, 2.24) is 14.5 Å². The molecule has 2 aromatic rings. The summed E-state index contributed by atoms with van der Waals surface area (Å²) in [5, 5.41) is 0. The zero-order valence-corrected chi connectivity index (χ0v) is 8.33. The zero-order valence-electron chi connectivity index (χ0n) is 8.33. The summed E-state index contributed by atoms with van der Waals surface area (Å²) in [6.07, 6.45) is 9.43. The van der Waals surface area contributed by atoms with Gasteiger partial charge in [-0.05, 0) is 19.9 Å². The molecule has 0 aliphatic carbocycles. The van der Waals surface area contributed by atoms with E-state index in [-0.39, 0.29) is 0 Å². The van der Waals surface area contributed by atoms with Gasteiger partial charge in [0, 0.05) is 12.4 Å². The third kappa shape index (κ3) is 1.64. The van der Waals surface area contributed by atoms with Crippen molar-refractivity contribution >= 4 is 0 Å². The van der Waals surface area contributed by atoms with Crippen molar-refractivity contribution in [1.29, 1.82) is 0 Å². The molecule has 4 nitrogen and oxygen atoms in total. The van der Waals surface area contributed by atoms with Crippen molar-refractivity contribution in [3.05, 3.63) is 37.2 Å². The predicted molar refractivity (Wildman–Crippen MR) is 51.9 cm³/mol. The number of imidazole rings is 1. The number of hydrogen-bond donors (Lipinski definition) is 0. The maximum Gasteiger partial charge on any atom is 0.325 e. The van der Waals surface area contributed by atoms with E-state index in [9.17, 15) is 0 Å². The molecule has 2 heterocycles. The first-order chi connectivity index (χ1) is 6.77. The van der Waals surface area contributed by atoms with E-state index < -0.39 is 0 Å². The maximum absolute atomic E-state index is 4.16. The van der Waals surface area contributed by atoms with E-state index in [1.54, 1.807) is 12.4 Å². The van der Waals surface area contributed by atoms with Gasteiger partial charge in [0.1, 0.15) is 12.4 Å². The average molecular weight is 189 g/mol. The van der Waals surface area contributed by atoms with Gasteiger partial charge in [-0.25, -0.2) is 4.57 Å². The van der Waals surface area contributed by atoms with Crippen LogP contribution >= 0.6 is 0 Å². The Hall–Kier alpha value is -1.71. The summed E-state index contributed by atoms with van der Waals surface area (Å²) in [5.41, 5.74) is 0. The van der Waals surface area contributed by atoms with Crippen molar-refractivity contribution in [3.8, 4) is 5.95 Å². The lowest BCUT2D eigenvalue weighted by Crippen LogP contribution is -2.33. The third-order valence-corrected chi connectivity index (χ3v) is 2.04. The average Bonchev–Trinajstić information content (AvgIpc) is 2.68. The predicted octanol–water partition coefficient (Wildman–Crippen LogP) is 1.14. The number of aromatic nitrogens is 4. The van der Waals surface area contributed by atoms with Crippen molar-refractivity contribution in [2.45, 2.75) is 19.9 Å². The van der Waals surface area contributed by atoms with Crippen molar-refractivity contribution in [2.75, 3.05) is 0 Å². The van der Waals surface area contributed by atoms with Gasteiger partial charge in [0.25, 0.3) is 6.33 Å². The van der Waals surface area contributed by atoms with E-state index in [0.29, 0.717) is 12.0 Å². The molecule has 0 spiro atoms. The highest BCUT2D eigenvalue weighted by molar-refractivity contribution is 5.07. The summed E-state index contributed by atoms with van der Waals surface area (Å²) in [6.45, 7) is 4.27. The fraction of sp³-hybridized carbons (Fsp3) is 0.300. The van der Waals surface area contributed by atoms with Crippen LogP contribution in [-0.4, -0.2) is 14.5 Å². The number of rotatable bonds is 2. The molecule has 2 rings (SSSR count). The minimum atomic E-state index is 0.458. The van der Waals surface area contributed by atoms with Crippen LogP contribution in [0.2, 0.25) is 0 Å². The molecule has 0 atom stereocenters. The Labute approximate surface area is 82.9 Å². The molecule has 0 aromatic carbocycles. The third-order valence-electron chi connectivity index (χ3n) is 2.04. The SMILES string of the molecule is CC(C)[n+]1ccn(-c2ncccn2)c1. The van der Waals surface area contributed by atoms with Gasteiger partial charge < -0.3 is 0 Å². The lowest BCUT2D eigenvalue weighted by molar-refractivity contribution is -0.715. The highest BCUT2D eigenvalue weighted by Crippen LogP contribution is 1.98. The van der Waals surface area contributed by atoms with Crippen LogP contribution in [0.3, 0.4) is 0 Å². The molecule has 4 heteroatoms. The van der Waals surface area contributed by atoms with Crippen LogP contribution in [0, 0.1) is 0 Å². The highest BCUT2D eigenvalue weighted by Gasteiger charge is 2.09. The fourth-order valence-corrected chi connectivity index (χ4v) is 1.22. The Kier molecular flexibility index (Phi) is 2.26. The molecule has 0 aliphatic heterocycles. The molecular formula is C10H13N4+. The quantitative estimate of drug-likeness (QED) is 0.664. The smallest absolute Gasteiger partial charge is 0.234 e. The van der Waals surface area contributed by atoms with Crippen LogP contribution in [0.5, 0.6) is 0 Å².